The monoisotopic (exact) mass is 199 g/mol. The van der Waals surface area contributed by atoms with E-state index < -0.39 is 0 Å². The maximum absolute atomic E-state index is 11.2. The van der Waals surface area contributed by atoms with Crippen LogP contribution in [0, 0.1) is 0 Å². The minimum Gasteiger partial charge on any atom is -0.355 e. The van der Waals surface area contributed by atoms with Crippen LogP contribution in [0.5, 0.6) is 0 Å². The van der Waals surface area contributed by atoms with Crippen LogP contribution < -0.4 is 10.6 Å². The van der Waals surface area contributed by atoms with E-state index in [9.17, 15) is 4.79 Å². The van der Waals surface area contributed by atoms with Gasteiger partial charge in [-0.3, -0.25) is 4.79 Å². The van der Waals surface area contributed by atoms with E-state index in [-0.39, 0.29) is 5.91 Å². The van der Waals surface area contributed by atoms with Crippen LogP contribution in [0.25, 0.3) is 0 Å². The Morgan fingerprint density at radius 1 is 1.36 bits per heavy atom. The van der Waals surface area contributed by atoms with Crippen molar-refractivity contribution < 1.29 is 4.79 Å². The molecule has 4 heteroatoms. The molecule has 0 unspecified atom stereocenters. The van der Waals surface area contributed by atoms with Gasteiger partial charge in [-0.2, -0.15) is 0 Å². The van der Waals surface area contributed by atoms with Gasteiger partial charge in [-0.1, -0.05) is 0 Å². The molecule has 0 aromatic rings. The summed E-state index contributed by atoms with van der Waals surface area (Å²) in [4.78, 5) is 13.1. The number of hydrogen-bond acceptors (Lipinski definition) is 3. The lowest BCUT2D eigenvalue weighted by molar-refractivity contribution is -0.121. The molecule has 1 saturated carbocycles. The normalized spacial score (nSPS) is 15.9. The zero-order valence-corrected chi connectivity index (χ0v) is 9.18. The summed E-state index contributed by atoms with van der Waals surface area (Å²) in [5, 5.41) is 6.30. The van der Waals surface area contributed by atoms with Gasteiger partial charge in [0.05, 0.1) is 6.54 Å². The summed E-state index contributed by atoms with van der Waals surface area (Å²) in [7, 11) is 3.79. The average molecular weight is 199 g/mol. The molecule has 0 aromatic heterocycles. The van der Waals surface area contributed by atoms with Crippen molar-refractivity contribution in [1.82, 2.24) is 15.5 Å². The summed E-state index contributed by atoms with van der Waals surface area (Å²) < 4.78 is 0. The average Bonchev–Trinajstić information content (AvgIpc) is 2.86. The Kier molecular flexibility index (Phi) is 4.90. The fourth-order valence-electron chi connectivity index (χ4n) is 1.25. The molecule has 0 aliphatic heterocycles. The van der Waals surface area contributed by atoms with E-state index in [1.54, 1.807) is 0 Å². The van der Waals surface area contributed by atoms with E-state index in [1.165, 1.54) is 12.8 Å². The van der Waals surface area contributed by atoms with Crippen LogP contribution in [-0.2, 0) is 4.79 Å². The van der Waals surface area contributed by atoms with E-state index in [0.717, 1.165) is 25.6 Å². The Bertz CT molecular complexity index is 178. The first kappa shape index (κ1) is 11.5. The predicted octanol–water partition coefficient (Wildman–Crippen LogP) is -0.194. The molecule has 0 saturated heterocycles. The Morgan fingerprint density at radius 3 is 2.64 bits per heavy atom. The lowest BCUT2D eigenvalue weighted by Gasteiger charge is -2.09. The molecule has 4 nitrogen and oxygen atoms in total. The molecule has 0 spiro atoms. The summed E-state index contributed by atoms with van der Waals surface area (Å²) in [6.45, 7) is 2.29. The molecular weight excluding hydrogens is 178 g/mol. The first-order chi connectivity index (χ1) is 6.68. The molecule has 0 bridgehead atoms. The van der Waals surface area contributed by atoms with Crippen molar-refractivity contribution in [3.8, 4) is 0 Å². The van der Waals surface area contributed by atoms with E-state index in [1.807, 2.05) is 19.0 Å². The third kappa shape index (κ3) is 5.94. The van der Waals surface area contributed by atoms with E-state index in [0.29, 0.717) is 6.54 Å². The Balaban J connectivity index is 1.84. The quantitative estimate of drug-likeness (QED) is 0.558. The number of likely N-dealkylation sites (N-methyl/N-ethyl adjacent to an activating group) is 1. The van der Waals surface area contributed by atoms with Crippen LogP contribution in [0.15, 0.2) is 0 Å². The fourth-order valence-corrected chi connectivity index (χ4v) is 1.25. The number of nitrogens with one attached hydrogen (secondary N) is 2. The highest BCUT2D eigenvalue weighted by Gasteiger charge is 2.19. The summed E-state index contributed by atoms with van der Waals surface area (Å²) in [5.74, 6) is 0.112. The van der Waals surface area contributed by atoms with Crippen LogP contribution >= 0.6 is 0 Å². The standard InChI is InChI=1S/C10H21N3O/c1-13(2)8-10(14)12-7-3-6-11-9-4-5-9/h9,11H,3-8H2,1-2H3,(H,12,14). The molecule has 1 fully saturated rings. The van der Waals surface area contributed by atoms with Gasteiger partial charge in [0.25, 0.3) is 0 Å². The molecule has 14 heavy (non-hydrogen) atoms. The summed E-state index contributed by atoms with van der Waals surface area (Å²) >= 11 is 0. The van der Waals surface area contributed by atoms with Gasteiger partial charge in [-0.05, 0) is 39.9 Å². The third-order valence-electron chi connectivity index (χ3n) is 2.15. The second-order valence-electron chi connectivity index (χ2n) is 4.17. The van der Waals surface area contributed by atoms with Crippen LogP contribution in [0.4, 0.5) is 0 Å². The first-order valence-electron chi connectivity index (χ1n) is 5.33. The fraction of sp³-hybridized carbons (Fsp3) is 0.900. The molecule has 1 rings (SSSR count). The van der Waals surface area contributed by atoms with Gasteiger partial charge in [-0.25, -0.2) is 0 Å². The summed E-state index contributed by atoms with van der Waals surface area (Å²) in [5.41, 5.74) is 0. The van der Waals surface area contributed by atoms with Gasteiger partial charge in [0.15, 0.2) is 0 Å². The Morgan fingerprint density at radius 2 is 2.07 bits per heavy atom. The predicted molar refractivity (Wildman–Crippen MR) is 57.2 cm³/mol. The maximum atomic E-state index is 11.2. The molecule has 0 heterocycles. The summed E-state index contributed by atoms with van der Waals surface area (Å²) in [6, 6.07) is 0.771. The zero-order valence-electron chi connectivity index (χ0n) is 9.18. The molecular formula is C10H21N3O. The van der Waals surface area contributed by atoms with Gasteiger partial charge in [0.1, 0.15) is 0 Å². The lowest BCUT2D eigenvalue weighted by atomic mass is 10.4. The van der Waals surface area contributed by atoms with Gasteiger partial charge in [0, 0.05) is 12.6 Å². The van der Waals surface area contributed by atoms with Crippen LogP contribution in [0.2, 0.25) is 0 Å². The molecule has 2 N–H and O–H groups in total. The van der Waals surface area contributed by atoms with Crippen molar-refractivity contribution in [2.24, 2.45) is 0 Å². The first-order valence-corrected chi connectivity index (χ1v) is 5.33. The van der Waals surface area contributed by atoms with Crippen LogP contribution in [0.3, 0.4) is 0 Å². The molecule has 0 aromatic carbocycles. The highest BCUT2D eigenvalue weighted by atomic mass is 16.1. The minimum atomic E-state index is 0.112. The van der Waals surface area contributed by atoms with E-state index in [4.69, 9.17) is 0 Å². The number of nitrogens with zero attached hydrogens (tertiary/aromatic N) is 1. The zero-order chi connectivity index (χ0) is 10.4. The van der Waals surface area contributed by atoms with E-state index in [2.05, 4.69) is 10.6 Å². The van der Waals surface area contributed by atoms with Crippen LogP contribution in [-0.4, -0.2) is 50.6 Å². The maximum Gasteiger partial charge on any atom is 0.234 e. The number of carbonyl (C=O) groups is 1. The number of rotatable bonds is 7. The van der Waals surface area contributed by atoms with Crippen molar-refractivity contribution in [2.45, 2.75) is 25.3 Å². The minimum absolute atomic E-state index is 0.112. The van der Waals surface area contributed by atoms with Crippen molar-refractivity contribution in [3.05, 3.63) is 0 Å². The molecule has 1 aliphatic carbocycles. The van der Waals surface area contributed by atoms with Gasteiger partial charge in [0.2, 0.25) is 5.91 Å². The SMILES string of the molecule is CN(C)CC(=O)NCCCNC1CC1. The molecule has 82 valence electrons. The van der Waals surface area contributed by atoms with Gasteiger partial charge in [-0.15, -0.1) is 0 Å². The van der Waals surface area contributed by atoms with Crippen LogP contribution in [0.1, 0.15) is 19.3 Å². The van der Waals surface area contributed by atoms with E-state index >= 15 is 0 Å². The highest BCUT2D eigenvalue weighted by Crippen LogP contribution is 2.18. The third-order valence-corrected chi connectivity index (χ3v) is 2.15. The summed E-state index contributed by atoms with van der Waals surface area (Å²) in [6.07, 6.45) is 3.68. The molecule has 0 radical (unpaired) electrons. The smallest absolute Gasteiger partial charge is 0.234 e. The van der Waals surface area contributed by atoms with Crippen molar-refractivity contribution in [3.63, 3.8) is 0 Å². The topological polar surface area (TPSA) is 44.4 Å². The largest absolute Gasteiger partial charge is 0.355 e. The second kappa shape index (κ2) is 5.98. The van der Waals surface area contributed by atoms with Gasteiger partial charge >= 0.3 is 0 Å². The highest BCUT2D eigenvalue weighted by molar-refractivity contribution is 5.77. The molecule has 0 atom stereocenters. The second-order valence-corrected chi connectivity index (χ2v) is 4.17. The van der Waals surface area contributed by atoms with Crippen molar-refractivity contribution in [2.75, 3.05) is 33.7 Å². The van der Waals surface area contributed by atoms with Crippen molar-refractivity contribution >= 4 is 5.91 Å². The molecule has 1 aliphatic rings. The van der Waals surface area contributed by atoms with Crippen molar-refractivity contribution in [1.29, 1.82) is 0 Å². The Labute approximate surface area is 86.0 Å². The lowest BCUT2D eigenvalue weighted by Crippen LogP contribution is -2.34. The number of carbonyl (C=O) groups excluding carboxylic acids is 1. The Hall–Kier alpha value is -0.610. The molecule has 1 amide bonds. The number of hydrogen-bond donors (Lipinski definition) is 2. The van der Waals surface area contributed by atoms with Gasteiger partial charge < -0.3 is 15.5 Å². The number of amides is 1.